The van der Waals surface area contributed by atoms with Crippen molar-refractivity contribution in [3.8, 4) is 11.5 Å². The molecule has 1 fully saturated rings. The smallest absolute Gasteiger partial charge is 0.231 e. The quantitative estimate of drug-likeness (QED) is 0.853. The molecule has 3 nitrogen and oxygen atoms in total. The van der Waals surface area contributed by atoms with Gasteiger partial charge in [-0.2, -0.15) is 0 Å². The van der Waals surface area contributed by atoms with E-state index in [0.717, 1.165) is 17.1 Å². The first-order valence-electron chi connectivity index (χ1n) is 6.37. The monoisotopic (exact) mass is 233 g/mol. The Balaban J connectivity index is 2.12. The fraction of sp³-hybridized carbons (Fsp3) is 0.571. The number of hydrogen-bond donors (Lipinski definition) is 1. The first kappa shape index (κ1) is 10.9. The van der Waals surface area contributed by atoms with Crippen LogP contribution >= 0.6 is 0 Å². The van der Waals surface area contributed by atoms with E-state index >= 15 is 0 Å². The van der Waals surface area contributed by atoms with E-state index in [1.54, 1.807) is 0 Å². The maximum absolute atomic E-state index is 6.04. The van der Waals surface area contributed by atoms with Crippen molar-refractivity contribution in [1.29, 1.82) is 0 Å². The molecule has 0 aromatic heterocycles. The van der Waals surface area contributed by atoms with E-state index in [9.17, 15) is 0 Å². The van der Waals surface area contributed by atoms with Gasteiger partial charge in [0, 0.05) is 17.5 Å². The highest BCUT2D eigenvalue weighted by Gasteiger charge is 2.38. The lowest BCUT2D eigenvalue weighted by Crippen LogP contribution is -2.32. The van der Waals surface area contributed by atoms with Gasteiger partial charge in [-0.25, -0.2) is 0 Å². The Hall–Kier alpha value is -1.22. The average Bonchev–Trinajstić information content (AvgIpc) is 2.99. The number of aryl methyl sites for hydroxylation is 1. The number of ether oxygens (including phenoxy) is 2. The van der Waals surface area contributed by atoms with E-state index in [0.29, 0.717) is 13.3 Å². The van der Waals surface area contributed by atoms with Gasteiger partial charge in [0.05, 0.1) is 0 Å². The van der Waals surface area contributed by atoms with Gasteiger partial charge in [0.25, 0.3) is 0 Å². The molecule has 0 bridgehead atoms. The zero-order valence-electron chi connectivity index (χ0n) is 10.3. The Morgan fingerprint density at radius 2 is 1.88 bits per heavy atom. The first-order valence-corrected chi connectivity index (χ1v) is 6.37. The van der Waals surface area contributed by atoms with Gasteiger partial charge < -0.3 is 15.2 Å². The van der Waals surface area contributed by atoms with Crippen molar-refractivity contribution < 1.29 is 9.47 Å². The van der Waals surface area contributed by atoms with Crippen LogP contribution in [-0.4, -0.2) is 13.3 Å². The highest BCUT2D eigenvalue weighted by atomic mass is 16.7. The third-order valence-corrected chi connectivity index (χ3v) is 4.24. The number of rotatable bonds is 2. The lowest BCUT2D eigenvalue weighted by molar-refractivity contribution is 0.171. The summed E-state index contributed by atoms with van der Waals surface area (Å²) in [6.07, 6.45) is 4.87. The van der Waals surface area contributed by atoms with Crippen LogP contribution in [0.3, 0.4) is 0 Å². The highest BCUT2D eigenvalue weighted by Crippen LogP contribution is 2.49. The van der Waals surface area contributed by atoms with E-state index in [1.807, 2.05) is 0 Å². The third kappa shape index (κ3) is 1.53. The second-order valence-electron chi connectivity index (χ2n) is 5.19. The fourth-order valence-electron chi connectivity index (χ4n) is 3.18. The number of benzene rings is 1. The van der Waals surface area contributed by atoms with Gasteiger partial charge in [-0.3, -0.25) is 0 Å². The van der Waals surface area contributed by atoms with E-state index in [-0.39, 0.29) is 5.41 Å². The second-order valence-corrected chi connectivity index (χ2v) is 5.19. The predicted octanol–water partition coefficient (Wildman–Crippen LogP) is 2.49. The fourth-order valence-corrected chi connectivity index (χ4v) is 3.18. The molecular weight excluding hydrogens is 214 g/mol. The summed E-state index contributed by atoms with van der Waals surface area (Å²) in [5, 5.41) is 0. The molecule has 3 rings (SSSR count). The minimum atomic E-state index is 0.117. The molecule has 17 heavy (non-hydrogen) atoms. The van der Waals surface area contributed by atoms with Crippen molar-refractivity contribution in [2.75, 3.05) is 13.3 Å². The Morgan fingerprint density at radius 1 is 1.18 bits per heavy atom. The van der Waals surface area contributed by atoms with E-state index in [1.165, 1.54) is 31.2 Å². The molecule has 0 saturated heterocycles. The zero-order chi connectivity index (χ0) is 11.9. The maximum Gasteiger partial charge on any atom is 0.231 e. The zero-order valence-corrected chi connectivity index (χ0v) is 10.3. The van der Waals surface area contributed by atoms with Crippen LogP contribution in [0.5, 0.6) is 11.5 Å². The van der Waals surface area contributed by atoms with Gasteiger partial charge in [0.1, 0.15) is 0 Å². The van der Waals surface area contributed by atoms with Gasteiger partial charge in [-0.15, -0.1) is 0 Å². The molecule has 92 valence electrons. The van der Waals surface area contributed by atoms with Crippen molar-refractivity contribution in [2.45, 2.75) is 38.0 Å². The highest BCUT2D eigenvalue weighted by molar-refractivity contribution is 5.56. The average molecular weight is 233 g/mol. The molecule has 3 heteroatoms. The Morgan fingerprint density at radius 3 is 2.59 bits per heavy atom. The van der Waals surface area contributed by atoms with Crippen LogP contribution in [-0.2, 0) is 5.41 Å². The summed E-state index contributed by atoms with van der Waals surface area (Å²) in [5.74, 6) is 1.86. The Kier molecular flexibility index (Phi) is 2.51. The predicted molar refractivity (Wildman–Crippen MR) is 66.5 cm³/mol. The molecule has 0 amide bonds. The van der Waals surface area contributed by atoms with Crippen molar-refractivity contribution in [2.24, 2.45) is 5.73 Å². The normalized spacial score (nSPS) is 20.8. The molecule has 0 radical (unpaired) electrons. The summed E-state index contributed by atoms with van der Waals surface area (Å²) in [6, 6.07) is 4.31. The third-order valence-electron chi connectivity index (χ3n) is 4.24. The van der Waals surface area contributed by atoms with Crippen molar-refractivity contribution in [3.63, 3.8) is 0 Å². The number of nitrogens with two attached hydrogens (primary N) is 1. The molecule has 0 unspecified atom stereocenters. The molecule has 1 aliphatic carbocycles. The van der Waals surface area contributed by atoms with Crippen molar-refractivity contribution in [3.05, 3.63) is 23.3 Å². The molecule has 1 aromatic carbocycles. The molecule has 0 spiro atoms. The molecule has 1 aromatic rings. The minimum absolute atomic E-state index is 0.117. The molecule has 1 heterocycles. The Labute approximate surface area is 102 Å². The summed E-state index contributed by atoms with van der Waals surface area (Å²) < 4.78 is 11.2. The summed E-state index contributed by atoms with van der Waals surface area (Å²) in [7, 11) is 0. The van der Waals surface area contributed by atoms with Gasteiger partial charge in [-0.05, 0) is 25.3 Å². The molecule has 1 saturated carbocycles. The van der Waals surface area contributed by atoms with Gasteiger partial charge in [-0.1, -0.05) is 25.0 Å². The Bertz CT molecular complexity index is 436. The van der Waals surface area contributed by atoms with E-state index in [4.69, 9.17) is 15.2 Å². The molecule has 2 N–H and O–H groups in total. The standard InChI is InChI=1S/C14H19NO2/c1-10-4-5-11(13-12(10)16-9-17-13)14(8-15)6-2-3-7-14/h4-5H,2-3,6-9,15H2,1H3. The van der Waals surface area contributed by atoms with Gasteiger partial charge in [0.2, 0.25) is 6.79 Å². The van der Waals surface area contributed by atoms with Crippen LogP contribution in [0.25, 0.3) is 0 Å². The van der Waals surface area contributed by atoms with Crippen molar-refractivity contribution in [1.82, 2.24) is 0 Å². The maximum atomic E-state index is 6.04. The van der Waals surface area contributed by atoms with Crippen LogP contribution < -0.4 is 15.2 Å². The first-order chi connectivity index (χ1) is 8.27. The lowest BCUT2D eigenvalue weighted by atomic mass is 9.78. The molecule has 2 aliphatic rings. The molecule has 1 aliphatic heterocycles. The van der Waals surface area contributed by atoms with Crippen LogP contribution in [0.1, 0.15) is 36.8 Å². The number of fused-ring (bicyclic) bond motifs is 1. The molecule has 0 atom stereocenters. The molecular formula is C14H19NO2. The summed E-state index contributed by atoms with van der Waals surface area (Å²) >= 11 is 0. The SMILES string of the molecule is Cc1ccc(C2(CN)CCCC2)c2c1OCO2. The minimum Gasteiger partial charge on any atom is -0.453 e. The van der Waals surface area contributed by atoms with Crippen molar-refractivity contribution >= 4 is 0 Å². The van der Waals surface area contributed by atoms with Gasteiger partial charge in [0.15, 0.2) is 11.5 Å². The van der Waals surface area contributed by atoms with E-state index in [2.05, 4.69) is 19.1 Å². The van der Waals surface area contributed by atoms with Gasteiger partial charge >= 0.3 is 0 Å². The summed E-state index contributed by atoms with van der Waals surface area (Å²) in [6.45, 7) is 3.10. The van der Waals surface area contributed by atoms with Crippen LogP contribution in [0.2, 0.25) is 0 Å². The second kappa shape index (κ2) is 3.91. The van der Waals surface area contributed by atoms with Crippen LogP contribution in [0, 0.1) is 6.92 Å². The topological polar surface area (TPSA) is 44.5 Å². The lowest BCUT2D eigenvalue weighted by Gasteiger charge is -2.29. The largest absolute Gasteiger partial charge is 0.453 e. The summed E-state index contributed by atoms with van der Waals surface area (Å²) in [5.41, 5.74) is 8.56. The number of hydrogen-bond acceptors (Lipinski definition) is 3. The van der Waals surface area contributed by atoms with Crippen LogP contribution in [0.15, 0.2) is 12.1 Å². The summed E-state index contributed by atoms with van der Waals surface area (Å²) in [4.78, 5) is 0. The van der Waals surface area contributed by atoms with Crippen LogP contribution in [0.4, 0.5) is 0 Å². The van der Waals surface area contributed by atoms with E-state index < -0.39 is 0 Å².